The van der Waals surface area contributed by atoms with E-state index in [2.05, 4.69) is 4.98 Å². The summed E-state index contributed by atoms with van der Waals surface area (Å²) in [6, 6.07) is 2.80. The largest absolute Gasteiger partial charge is 0.417 e. The molecule has 84 valence electrons. The van der Waals surface area contributed by atoms with Crippen molar-refractivity contribution in [2.24, 2.45) is 0 Å². The number of hydrogen-bond donors (Lipinski definition) is 0. The number of pyridine rings is 1. The molecule has 0 aliphatic heterocycles. The Morgan fingerprint density at radius 1 is 1.12 bits per heavy atom. The SMILES string of the molecule is Cc1nccc2c(C(F)(F)F)cc(F)cc12. The van der Waals surface area contributed by atoms with Gasteiger partial charge in [0.1, 0.15) is 5.82 Å². The van der Waals surface area contributed by atoms with Crippen LogP contribution in [0.25, 0.3) is 10.8 Å². The van der Waals surface area contributed by atoms with Crippen molar-refractivity contribution in [2.75, 3.05) is 0 Å². The number of aromatic nitrogens is 1. The molecule has 1 nitrogen and oxygen atoms in total. The number of aryl methyl sites for hydroxylation is 1. The van der Waals surface area contributed by atoms with Crippen molar-refractivity contribution in [2.45, 2.75) is 13.1 Å². The highest BCUT2D eigenvalue weighted by molar-refractivity contribution is 5.87. The Bertz CT molecular complexity index is 545. The third-order valence-corrected chi connectivity index (χ3v) is 2.35. The van der Waals surface area contributed by atoms with E-state index in [-0.39, 0.29) is 10.8 Å². The predicted octanol–water partition coefficient (Wildman–Crippen LogP) is 3.70. The van der Waals surface area contributed by atoms with Gasteiger partial charge in [0, 0.05) is 17.3 Å². The van der Waals surface area contributed by atoms with Gasteiger partial charge in [-0.05, 0) is 30.5 Å². The lowest BCUT2D eigenvalue weighted by molar-refractivity contribution is -0.136. The third-order valence-electron chi connectivity index (χ3n) is 2.35. The molecule has 0 aliphatic rings. The molecule has 0 spiro atoms. The Balaban J connectivity index is 2.89. The van der Waals surface area contributed by atoms with Crippen LogP contribution in [0.5, 0.6) is 0 Å². The molecular formula is C11H7F4N. The highest BCUT2D eigenvalue weighted by Crippen LogP contribution is 2.35. The lowest BCUT2D eigenvalue weighted by Crippen LogP contribution is -2.07. The van der Waals surface area contributed by atoms with Gasteiger partial charge in [-0.1, -0.05) is 0 Å². The van der Waals surface area contributed by atoms with E-state index in [0.717, 1.165) is 6.07 Å². The summed E-state index contributed by atoms with van der Waals surface area (Å²) in [6.45, 7) is 1.54. The van der Waals surface area contributed by atoms with Crippen molar-refractivity contribution in [3.8, 4) is 0 Å². The smallest absolute Gasteiger partial charge is 0.261 e. The van der Waals surface area contributed by atoms with Gasteiger partial charge in [0.2, 0.25) is 0 Å². The van der Waals surface area contributed by atoms with E-state index in [1.807, 2.05) is 0 Å². The first-order valence-electron chi connectivity index (χ1n) is 4.51. The Morgan fingerprint density at radius 3 is 2.44 bits per heavy atom. The van der Waals surface area contributed by atoms with Crippen LogP contribution in [0.2, 0.25) is 0 Å². The molecule has 0 saturated heterocycles. The first-order chi connectivity index (χ1) is 7.39. The van der Waals surface area contributed by atoms with E-state index in [9.17, 15) is 17.6 Å². The molecule has 0 amide bonds. The second-order valence-electron chi connectivity index (χ2n) is 3.44. The standard InChI is InChI=1S/C11H7F4N/c1-6-9-4-7(12)5-10(11(13,14)15)8(9)2-3-16-6/h2-5H,1H3. The molecule has 0 atom stereocenters. The predicted molar refractivity (Wildman–Crippen MR) is 51.4 cm³/mol. The zero-order valence-electron chi connectivity index (χ0n) is 8.27. The van der Waals surface area contributed by atoms with Crippen molar-refractivity contribution in [1.82, 2.24) is 4.98 Å². The topological polar surface area (TPSA) is 12.9 Å². The first-order valence-corrected chi connectivity index (χ1v) is 4.51. The van der Waals surface area contributed by atoms with Gasteiger partial charge in [-0.2, -0.15) is 13.2 Å². The van der Waals surface area contributed by atoms with Crippen molar-refractivity contribution in [3.05, 3.63) is 41.5 Å². The van der Waals surface area contributed by atoms with Crippen LogP contribution < -0.4 is 0 Å². The van der Waals surface area contributed by atoms with E-state index >= 15 is 0 Å². The third kappa shape index (κ3) is 1.73. The number of halogens is 4. The molecule has 2 aromatic rings. The highest BCUT2D eigenvalue weighted by atomic mass is 19.4. The molecule has 0 aliphatic carbocycles. The van der Waals surface area contributed by atoms with Crippen LogP contribution in [0.15, 0.2) is 24.4 Å². The monoisotopic (exact) mass is 229 g/mol. The first kappa shape index (κ1) is 10.9. The van der Waals surface area contributed by atoms with Crippen LogP contribution in [0, 0.1) is 12.7 Å². The van der Waals surface area contributed by atoms with Crippen molar-refractivity contribution in [3.63, 3.8) is 0 Å². The molecular weight excluding hydrogens is 222 g/mol. The number of benzene rings is 1. The molecule has 0 N–H and O–H groups in total. The molecule has 0 saturated carbocycles. The van der Waals surface area contributed by atoms with Crippen LogP contribution >= 0.6 is 0 Å². The number of alkyl halides is 3. The second kappa shape index (κ2) is 3.43. The fourth-order valence-electron chi connectivity index (χ4n) is 1.62. The summed E-state index contributed by atoms with van der Waals surface area (Å²) in [5.41, 5.74) is -0.587. The highest BCUT2D eigenvalue weighted by Gasteiger charge is 2.33. The summed E-state index contributed by atoms with van der Waals surface area (Å²) in [5.74, 6) is -0.907. The van der Waals surface area contributed by atoms with E-state index < -0.39 is 17.6 Å². The van der Waals surface area contributed by atoms with Gasteiger partial charge >= 0.3 is 6.18 Å². The van der Waals surface area contributed by atoms with Crippen molar-refractivity contribution >= 4 is 10.8 Å². The minimum absolute atomic E-state index is 0.0265. The maximum Gasteiger partial charge on any atom is 0.417 e. The second-order valence-corrected chi connectivity index (χ2v) is 3.44. The van der Waals surface area contributed by atoms with Crippen LogP contribution in [0.1, 0.15) is 11.3 Å². The lowest BCUT2D eigenvalue weighted by atomic mass is 10.0. The summed E-state index contributed by atoms with van der Waals surface area (Å²) in [7, 11) is 0. The van der Waals surface area contributed by atoms with E-state index in [1.165, 1.54) is 12.3 Å². The Hall–Kier alpha value is -1.65. The summed E-state index contributed by atoms with van der Waals surface area (Å²) < 4.78 is 51.0. The van der Waals surface area contributed by atoms with Crippen LogP contribution in [0.3, 0.4) is 0 Å². The van der Waals surface area contributed by atoms with Crippen molar-refractivity contribution < 1.29 is 17.6 Å². The van der Waals surface area contributed by atoms with Crippen LogP contribution in [-0.4, -0.2) is 4.98 Å². The molecule has 1 aromatic carbocycles. The quantitative estimate of drug-likeness (QED) is 0.627. The minimum atomic E-state index is -4.56. The van der Waals surface area contributed by atoms with Crippen LogP contribution in [0.4, 0.5) is 17.6 Å². The Labute approximate surface area is 88.7 Å². The fraction of sp³-hybridized carbons (Fsp3) is 0.182. The molecule has 0 unspecified atom stereocenters. The van der Waals surface area contributed by atoms with Crippen molar-refractivity contribution in [1.29, 1.82) is 0 Å². The molecule has 2 rings (SSSR count). The molecule has 1 aromatic heterocycles. The number of rotatable bonds is 0. The molecule has 0 radical (unpaired) electrons. The van der Waals surface area contributed by atoms with Gasteiger partial charge in [-0.3, -0.25) is 4.98 Å². The summed E-state index contributed by atoms with van der Waals surface area (Å²) in [6.07, 6.45) is -3.28. The fourth-order valence-corrected chi connectivity index (χ4v) is 1.62. The number of hydrogen-bond acceptors (Lipinski definition) is 1. The zero-order valence-corrected chi connectivity index (χ0v) is 8.27. The zero-order chi connectivity index (χ0) is 11.9. The number of nitrogens with zero attached hydrogens (tertiary/aromatic N) is 1. The Morgan fingerprint density at radius 2 is 1.81 bits per heavy atom. The summed E-state index contributed by atoms with van der Waals surface area (Å²) in [4.78, 5) is 3.84. The van der Waals surface area contributed by atoms with E-state index in [4.69, 9.17) is 0 Å². The lowest BCUT2D eigenvalue weighted by Gasteiger charge is -2.11. The molecule has 1 heterocycles. The summed E-state index contributed by atoms with van der Waals surface area (Å²) in [5, 5.41) is 0.163. The molecule has 0 fully saturated rings. The van der Waals surface area contributed by atoms with E-state index in [0.29, 0.717) is 11.8 Å². The van der Waals surface area contributed by atoms with Gasteiger partial charge in [-0.25, -0.2) is 4.39 Å². The average molecular weight is 229 g/mol. The number of fused-ring (bicyclic) bond motifs is 1. The Kier molecular flexibility index (Phi) is 2.33. The van der Waals surface area contributed by atoms with Gasteiger partial charge in [0.05, 0.1) is 5.56 Å². The van der Waals surface area contributed by atoms with Gasteiger partial charge in [-0.15, -0.1) is 0 Å². The summed E-state index contributed by atoms with van der Waals surface area (Å²) >= 11 is 0. The molecule has 5 heteroatoms. The normalized spacial score (nSPS) is 12.1. The van der Waals surface area contributed by atoms with Crippen LogP contribution in [-0.2, 0) is 6.18 Å². The minimum Gasteiger partial charge on any atom is -0.261 e. The van der Waals surface area contributed by atoms with Gasteiger partial charge in [0.25, 0.3) is 0 Å². The average Bonchev–Trinajstić information content (AvgIpc) is 2.17. The van der Waals surface area contributed by atoms with Gasteiger partial charge in [0.15, 0.2) is 0 Å². The van der Waals surface area contributed by atoms with Gasteiger partial charge < -0.3 is 0 Å². The maximum absolute atomic E-state index is 13.1. The molecule has 16 heavy (non-hydrogen) atoms. The van der Waals surface area contributed by atoms with E-state index in [1.54, 1.807) is 6.92 Å². The molecule has 0 bridgehead atoms. The maximum atomic E-state index is 13.1.